The SMILES string of the molecule is CN(CC1CNCCO1)C(=O)C(F)(F)C(F)F. The average Bonchev–Trinajstić information content (AvgIpc) is 2.29. The van der Waals surface area contributed by atoms with Crippen LogP contribution in [0.2, 0.25) is 0 Å². The van der Waals surface area contributed by atoms with Gasteiger partial charge in [0.25, 0.3) is 5.91 Å². The number of amides is 1. The number of carbonyl (C=O) groups is 1. The zero-order valence-electron chi connectivity index (χ0n) is 9.26. The van der Waals surface area contributed by atoms with E-state index in [1.807, 2.05) is 0 Å². The van der Waals surface area contributed by atoms with Gasteiger partial charge >= 0.3 is 12.3 Å². The summed E-state index contributed by atoms with van der Waals surface area (Å²) < 4.78 is 54.6. The Bertz CT molecular complexity index is 270. The molecule has 0 aromatic rings. The fourth-order valence-electron chi connectivity index (χ4n) is 1.47. The first-order valence-corrected chi connectivity index (χ1v) is 5.09. The minimum absolute atomic E-state index is 0.145. The highest BCUT2D eigenvalue weighted by Crippen LogP contribution is 2.25. The smallest absolute Gasteiger partial charge is 0.374 e. The molecule has 0 aliphatic carbocycles. The molecule has 0 saturated carbocycles. The van der Waals surface area contributed by atoms with Gasteiger partial charge in [0.05, 0.1) is 12.7 Å². The zero-order chi connectivity index (χ0) is 13.1. The molecule has 1 heterocycles. The van der Waals surface area contributed by atoms with Crippen LogP contribution in [0.3, 0.4) is 0 Å². The summed E-state index contributed by atoms with van der Waals surface area (Å²) in [6.07, 6.45) is -4.45. The zero-order valence-corrected chi connectivity index (χ0v) is 9.26. The number of carbonyl (C=O) groups excluding carboxylic acids is 1. The van der Waals surface area contributed by atoms with Gasteiger partial charge in [0.2, 0.25) is 0 Å². The normalized spacial score (nSPS) is 21.6. The van der Waals surface area contributed by atoms with Crippen molar-refractivity contribution >= 4 is 5.91 Å². The lowest BCUT2D eigenvalue weighted by molar-refractivity contribution is -0.180. The van der Waals surface area contributed by atoms with Gasteiger partial charge in [0.15, 0.2) is 0 Å². The Morgan fingerprint density at radius 1 is 1.59 bits per heavy atom. The third kappa shape index (κ3) is 3.53. The molecule has 8 heteroatoms. The molecule has 1 aliphatic rings. The largest absolute Gasteiger partial charge is 0.383 e. The number of halogens is 4. The van der Waals surface area contributed by atoms with E-state index in [0.29, 0.717) is 24.6 Å². The highest BCUT2D eigenvalue weighted by atomic mass is 19.3. The highest BCUT2D eigenvalue weighted by molar-refractivity contribution is 5.83. The molecule has 1 fully saturated rings. The number of nitrogens with zero attached hydrogens (tertiary/aromatic N) is 1. The van der Waals surface area contributed by atoms with Gasteiger partial charge in [-0.3, -0.25) is 4.79 Å². The topological polar surface area (TPSA) is 41.6 Å². The molecule has 1 aliphatic heterocycles. The number of hydrogen-bond acceptors (Lipinski definition) is 3. The van der Waals surface area contributed by atoms with Gasteiger partial charge in [-0.1, -0.05) is 0 Å². The Kier molecular flexibility index (Phi) is 4.70. The summed E-state index contributed by atoms with van der Waals surface area (Å²) in [6, 6.07) is 0. The second kappa shape index (κ2) is 5.63. The number of ether oxygens (including phenoxy) is 1. The maximum atomic E-state index is 12.7. The number of morpholine rings is 1. The van der Waals surface area contributed by atoms with Crippen molar-refractivity contribution in [2.24, 2.45) is 0 Å². The van der Waals surface area contributed by atoms with Crippen molar-refractivity contribution in [3.05, 3.63) is 0 Å². The Balaban J connectivity index is 2.51. The van der Waals surface area contributed by atoms with Gasteiger partial charge in [-0.05, 0) is 0 Å². The molecule has 0 aromatic heterocycles. The van der Waals surface area contributed by atoms with E-state index in [-0.39, 0.29) is 6.54 Å². The fraction of sp³-hybridized carbons (Fsp3) is 0.889. The maximum Gasteiger partial charge on any atom is 0.383 e. The van der Waals surface area contributed by atoms with Crippen molar-refractivity contribution in [2.45, 2.75) is 18.5 Å². The molecule has 1 saturated heterocycles. The Labute approximate surface area is 95.9 Å². The van der Waals surface area contributed by atoms with Crippen LogP contribution in [0.5, 0.6) is 0 Å². The van der Waals surface area contributed by atoms with Gasteiger partial charge in [-0.25, -0.2) is 8.78 Å². The quantitative estimate of drug-likeness (QED) is 0.739. The third-order valence-corrected chi connectivity index (χ3v) is 2.39. The molecule has 0 radical (unpaired) electrons. The predicted octanol–water partition coefficient (Wildman–Crippen LogP) is 0.334. The van der Waals surface area contributed by atoms with Crippen molar-refractivity contribution < 1.29 is 27.1 Å². The summed E-state index contributed by atoms with van der Waals surface area (Å²) in [7, 11) is 1.05. The number of likely N-dealkylation sites (N-methyl/N-ethyl adjacent to an activating group) is 1. The van der Waals surface area contributed by atoms with E-state index in [9.17, 15) is 22.4 Å². The van der Waals surface area contributed by atoms with Crippen LogP contribution < -0.4 is 5.32 Å². The molecular formula is C9H14F4N2O2. The van der Waals surface area contributed by atoms with Crippen molar-refractivity contribution in [1.82, 2.24) is 10.2 Å². The first kappa shape index (κ1) is 14.2. The van der Waals surface area contributed by atoms with E-state index in [4.69, 9.17) is 4.74 Å². The summed E-state index contributed by atoms with van der Waals surface area (Å²) >= 11 is 0. The minimum Gasteiger partial charge on any atom is -0.374 e. The van der Waals surface area contributed by atoms with Crippen LogP contribution in [0, 0.1) is 0 Å². The van der Waals surface area contributed by atoms with E-state index < -0.39 is 24.4 Å². The van der Waals surface area contributed by atoms with Gasteiger partial charge in [0.1, 0.15) is 0 Å². The number of rotatable bonds is 4. The first-order chi connectivity index (χ1) is 7.85. The molecule has 1 amide bonds. The van der Waals surface area contributed by atoms with Gasteiger partial charge in [-0.15, -0.1) is 0 Å². The van der Waals surface area contributed by atoms with Gasteiger partial charge in [0, 0.05) is 26.7 Å². The van der Waals surface area contributed by atoms with Crippen LogP contribution in [0.25, 0.3) is 0 Å². The predicted molar refractivity (Wildman–Crippen MR) is 51.2 cm³/mol. The van der Waals surface area contributed by atoms with E-state index in [1.54, 1.807) is 0 Å². The molecule has 1 rings (SSSR count). The van der Waals surface area contributed by atoms with Crippen LogP contribution in [0.15, 0.2) is 0 Å². The minimum atomic E-state index is -4.64. The molecule has 0 bridgehead atoms. The van der Waals surface area contributed by atoms with Crippen LogP contribution in [-0.4, -0.2) is 62.5 Å². The van der Waals surface area contributed by atoms with Gasteiger partial charge < -0.3 is 15.0 Å². The molecule has 4 nitrogen and oxygen atoms in total. The van der Waals surface area contributed by atoms with Crippen LogP contribution in [-0.2, 0) is 9.53 Å². The Hall–Kier alpha value is -0.890. The van der Waals surface area contributed by atoms with Gasteiger partial charge in [-0.2, -0.15) is 8.78 Å². The first-order valence-electron chi connectivity index (χ1n) is 5.09. The average molecular weight is 258 g/mol. The van der Waals surface area contributed by atoms with E-state index in [0.717, 1.165) is 7.05 Å². The highest BCUT2D eigenvalue weighted by Gasteiger charge is 2.50. The number of hydrogen-bond donors (Lipinski definition) is 1. The summed E-state index contributed by atoms with van der Waals surface area (Å²) in [4.78, 5) is 11.7. The summed E-state index contributed by atoms with van der Waals surface area (Å²) in [5, 5.41) is 2.94. The van der Waals surface area contributed by atoms with Crippen LogP contribution in [0.1, 0.15) is 0 Å². The number of nitrogens with one attached hydrogen (secondary N) is 1. The van der Waals surface area contributed by atoms with E-state index in [1.165, 1.54) is 0 Å². The van der Waals surface area contributed by atoms with Crippen LogP contribution >= 0.6 is 0 Å². The van der Waals surface area contributed by atoms with Crippen molar-refractivity contribution in [3.8, 4) is 0 Å². The number of alkyl halides is 4. The Morgan fingerprint density at radius 2 is 2.24 bits per heavy atom. The molecule has 100 valence electrons. The molecule has 1 atom stereocenters. The van der Waals surface area contributed by atoms with Crippen molar-refractivity contribution in [2.75, 3.05) is 33.3 Å². The molecular weight excluding hydrogens is 244 g/mol. The molecule has 17 heavy (non-hydrogen) atoms. The summed E-state index contributed by atoms with van der Waals surface area (Å²) in [5.41, 5.74) is 0. The summed E-state index contributed by atoms with van der Waals surface area (Å²) in [6.45, 7) is 1.30. The molecule has 0 spiro atoms. The second-order valence-electron chi connectivity index (χ2n) is 3.81. The molecule has 1 N–H and O–H groups in total. The third-order valence-electron chi connectivity index (χ3n) is 2.39. The van der Waals surface area contributed by atoms with E-state index >= 15 is 0 Å². The fourth-order valence-corrected chi connectivity index (χ4v) is 1.47. The van der Waals surface area contributed by atoms with Crippen molar-refractivity contribution in [1.29, 1.82) is 0 Å². The molecule has 1 unspecified atom stereocenters. The lowest BCUT2D eigenvalue weighted by Crippen LogP contribution is -2.51. The van der Waals surface area contributed by atoms with E-state index in [2.05, 4.69) is 5.32 Å². The standard InChI is InChI=1S/C9H14F4N2O2/c1-15(5-6-4-14-2-3-17-6)8(16)9(12,13)7(10)11/h6-7,14H,2-5H2,1H3. The molecule has 0 aromatic carbocycles. The van der Waals surface area contributed by atoms with Crippen LogP contribution in [0.4, 0.5) is 17.6 Å². The lowest BCUT2D eigenvalue weighted by atomic mass is 10.2. The second-order valence-corrected chi connectivity index (χ2v) is 3.81. The monoisotopic (exact) mass is 258 g/mol. The summed E-state index contributed by atoms with van der Waals surface area (Å²) in [5.74, 6) is -6.53. The lowest BCUT2D eigenvalue weighted by Gasteiger charge is -2.29. The maximum absolute atomic E-state index is 12.7. The van der Waals surface area contributed by atoms with Crippen molar-refractivity contribution in [3.63, 3.8) is 0 Å². The Morgan fingerprint density at radius 3 is 2.71 bits per heavy atom.